The molecule has 8 nitrogen and oxygen atoms in total. The molecule has 1 fully saturated rings. The fraction of sp³-hybridized carbons (Fsp3) is 0.208. The first kappa shape index (κ1) is 19.9. The molecule has 0 saturated carbocycles. The van der Waals surface area contributed by atoms with Crippen molar-refractivity contribution in [3.63, 3.8) is 0 Å². The van der Waals surface area contributed by atoms with Gasteiger partial charge in [-0.2, -0.15) is 5.10 Å². The van der Waals surface area contributed by atoms with E-state index >= 15 is 0 Å². The molecular formula is C24H23N7O. The maximum Gasteiger partial charge on any atom is 0.227 e. The fourth-order valence-electron chi connectivity index (χ4n) is 3.88. The Morgan fingerprint density at radius 2 is 1.53 bits per heavy atom. The van der Waals surface area contributed by atoms with Crippen LogP contribution in [-0.2, 0) is 11.2 Å². The summed E-state index contributed by atoms with van der Waals surface area (Å²) in [6, 6.07) is 20.4. The molecule has 0 atom stereocenters. The van der Waals surface area contributed by atoms with Crippen molar-refractivity contribution in [3.05, 3.63) is 85.2 Å². The summed E-state index contributed by atoms with van der Waals surface area (Å²) in [5, 5.41) is 4.11. The molecule has 3 heterocycles. The van der Waals surface area contributed by atoms with Gasteiger partial charge in [0.1, 0.15) is 24.8 Å². The predicted molar refractivity (Wildman–Crippen MR) is 121 cm³/mol. The largest absolute Gasteiger partial charge is 0.353 e. The molecule has 1 aliphatic rings. The van der Waals surface area contributed by atoms with Gasteiger partial charge in [-0.3, -0.25) is 4.79 Å². The first-order valence-corrected chi connectivity index (χ1v) is 10.6. The number of carbonyl (C=O) groups excluding carboxylic acids is 1. The van der Waals surface area contributed by atoms with Crippen LogP contribution in [0.15, 0.2) is 79.6 Å². The maximum atomic E-state index is 12.8. The number of piperazine rings is 1. The summed E-state index contributed by atoms with van der Waals surface area (Å²) in [5.74, 6) is 1.65. The van der Waals surface area contributed by atoms with Crippen molar-refractivity contribution < 1.29 is 4.79 Å². The summed E-state index contributed by atoms with van der Waals surface area (Å²) in [7, 11) is 0. The fourth-order valence-corrected chi connectivity index (χ4v) is 3.88. The molecular weight excluding hydrogens is 402 g/mol. The zero-order valence-electron chi connectivity index (χ0n) is 17.6. The number of carbonyl (C=O) groups is 1. The van der Waals surface area contributed by atoms with E-state index in [4.69, 9.17) is 0 Å². The zero-order chi connectivity index (χ0) is 21.8. The minimum Gasteiger partial charge on any atom is -0.353 e. The normalized spacial score (nSPS) is 13.9. The van der Waals surface area contributed by atoms with Crippen molar-refractivity contribution in [3.8, 4) is 16.9 Å². The monoisotopic (exact) mass is 425 g/mol. The molecule has 0 radical (unpaired) electrons. The van der Waals surface area contributed by atoms with Crippen LogP contribution in [0.1, 0.15) is 5.56 Å². The smallest absolute Gasteiger partial charge is 0.227 e. The zero-order valence-corrected chi connectivity index (χ0v) is 17.6. The van der Waals surface area contributed by atoms with Crippen LogP contribution in [-0.4, -0.2) is 61.7 Å². The standard InChI is InChI=1S/C24H23N7O/c32-24(14-19-6-8-21(9-7-19)20-4-2-1-3-5-20)30-12-10-29(11-13-30)22-15-23(27-17-26-22)31-18-25-16-28-31/h1-9,15-18H,10-14H2. The van der Waals surface area contributed by atoms with Gasteiger partial charge in [0.2, 0.25) is 5.91 Å². The quantitative estimate of drug-likeness (QED) is 0.489. The molecule has 2 aromatic carbocycles. The highest BCUT2D eigenvalue weighted by Crippen LogP contribution is 2.20. The Kier molecular flexibility index (Phi) is 5.57. The third kappa shape index (κ3) is 4.34. The second-order valence-electron chi connectivity index (χ2n) is 7.68. The highest BCUT2D eigenvalue weighted by Gasteiger charge is 2.22. The number of aromatic nitrogens is 5. The first-order chi connectivity index (χ1) is 15.8. The van der Waals surface area contributed by atoms with E-state index in [2.05, 4.69) is 49.2 Å². The molecule has 1 aliphatic heterocycles. The lowest BCUT2D eigenvalue weighted by Gasteiger charge is -2.35. The van der Waals surface area contributed by atoms with Gasteiger partial charge in [0, 0.05) is 32.2 Å². The van der Waals surface area contributed by atoms with Gasteiger partial charge >= 0.3 is 0 Å². The second-order valence-corrected chi connectivity index (χ2v) is 7.68. The van der Waals surface area contributed by atoms with Gasteiger partial charge in [-0.15, -0.1) is 0 Å². The molecule has 1 amide bonds. The van der Waals surface area contributed by atoms with E-state index in [0.717, 1.165) is 30.0 Å². The number of amides is 1. The van der Waals surface area contributed by atoms with Crippen LogP contribution >= 0.6 is 0 Å². The van der Waals surface area contributed by atoms with Crippen LogP contribution in [0.2, 0.25) is 0 Å². The molecule has 2 aromatic heterocycles. The van der Waals surface area contributed by atoms with Crippen LogP contribution in [0, 0.1) is 0 Å². The molecule has 0 spiro atoms. The van der Waals surface area contributed by atoms with E-state index < -0.39 is 0 Å². The van der Waals surface area contributed by atoms with Crippen molar-refractivity contribution in [2.45, 2.75) is 6.42 Å². The number of rotatable bonds is 5. The lowest BCUT2D eigenvalue weighted by atomic mass is 10.0. The summed E-state index contributed by atoms with van der Waals surface area (Å²) in [4.78, 5) is 29.5. The van der Waals surface area contributed by atoms with E-state index in [1.807, 2.05) is 41.3 Å². The number of hydrogen-bond acceptors (Lipinski definition) is 6. The van der Waals surface area contributed by atoms with Gasteiger partial charge in [-0.05, 0) is 16.7 Å². The highest BCUT2D eigenvalue weighted by molar-refractivity contribution is 5.79. The third-order valence-corrected chi connectivity index (χ3v) is 5.66. The topological polar surface area (TPSA) is 80.0 Å². The van der Waals surface area contributed by atoms with Crippen molar-refractivity contribution >= 4 is 11.7 Å². The Morgan fingerprint density at radius 1 is 0.812 bits per heavy atom. The van der Waals surface area contributed by atoms with Crippen LogP contribution in [0.4, 0.5) is 5.82 Å². The van der Waals surface area contributed by atoms with Crippen molar-refractivity contribution in [1.29, 1.82) is 0 Å². The van der Waals surface area contributed by atoms with E-state index in [9.17, 15) is 4.79 Å². The minimum absolute atomic E-state index is 0.156. The van der Waals surface area contributed by atoms with Crippen LogP contribution in [0.3, 0.4) is 0 Å². The number of hydrogen-bond donors (Lipinski definition) is 0. The molecule has 5 rings (SSSR count). The summed E-state index contributed by atoms with van der Waals surface area (Å²) in [6.45, 7) is 2.80. The number of nitrogens with zero attached hydrogens (tertiary/aromatic N) is 7. The Hall–Kier alpha value is -4.07. The molecule has 0 bridgehead atoms. The average molecular weight is 425 g/mol. The molecule has 4 aromatic rings. The average Bonchev–Trinajstić information content (AvgIpc) is 3.40. The number of anilines is 1. The molecule has 0 unspecified atom stereocenters. The van der Waals surface area contributed by atoms with Gasteiger partial charge in [-0.1, -0.05) is 54.6 Å². The van der Waals surface area contributed by atoms with Crippen LogP contribution in [0.25, 0.3) is 16.9 Å². The molecule has 0 aliphatic carbocycles. The SMILES string of the molecule is O=C(Cc1ccc(-c2ccccc2)cc1)N1CCN(c2cc(-n3cncn3)ncn2)CC1. The second kappa shape index (κ2) is 8.97. The van der Waals surface area contributed by atoms with Crippen molar-refractivity contribution in [2.75, 3.05) is 31.1 Å². The maximum absolute atomic E-state index is 12.8. The van der Waals surface area contributed by atoms with Crippen molar-refractivity contribution in [1.82, 2.24) is 29.6 Å². The van der Waals surface area contributed by atoms with E-state index in [-0.39, 0.29) is 5.91 Å². The van der Waals surface area contributed by atoms with Gasteiger partial charge in [0.15, 0.2) is 5.82 Å². The third-order valence-electron chi connectivity index (χ3n) is 5.66. The summed E-state index contributed by atoms with van der Waals surface area (Å²) >= 11 is 0. The van der Waals surface area contributed by atoms with Gasteiger partial charge < -0.3 is 9.80 Å². The Morgan fingerprint density at radius 3 is 2.25 bits per heavy atom. The van der Waals surface area contributed by atoms with Crippen molar-refractivity contribution in [2.24, 2.45) is 0 Å². The number of benzene rings is 2. The predicted octanol–water partition coefficient (Wildman–Crippen LogP) is 2.62. The van der Waals surface area contributed by atoms with Crippen LogP contribution < -0.4 is 4.90 Å². The lowest BCUT2D eigenvalue weighted by molar-refractivity contribution is -0.130. The van der Waals surface area contributed by atoms with E-state index in [0.29, 0.717) is 25.3 Å². The van der Waals surface area contributed by atoms with E-state index in [1.165, 1.54) is 18.2 Å². The van der Waals surface area contributed by atoms with E-state index in [1.54, 1.807) is 11.0 Å². The Balaban J connectivity index is 1.18. The molecule has 8 heteroatoms. The highest BCUT2D eigenvalue weighted by atomic mass is 16.2. The molecule has 0 N–H and O–H groups in total. The molecule has 32 heavy (non-hydrogen) atoms. The summed E-state index contributed by atoms with van der Waals surface area (Å²) in [5.41, 5.74) is 3.37. The Labute approximate surface area is 186 Å². The van der Waals surface area contributed by atoms with Crippen LogP contribution in [0.5, 0.6) is 0 Å². The van der Waals surface area contributed by atoms with Gasteiger partial charge in [0.25, 0.3) is 0 Å². The van der Waals surface area contributed by atoms with Gasteiger partial charge in [0.05, 0.1) is 6.42 Å². The molecule has 160 valence electrons. The summed E-state index contributed by atoms with van der Waals surface area (Å²) in [6.07, 6.45) is 5.03. The first-order valence-electron chi connectivity index (χ1n) is 10.6. The summed E-state index contributed by atoms with van der Waals surface area (Å²) < 4.78 is 1.61. The minimum atomic E-state index is 0.156. The van der Waals surface area contributed by atoms with Gasteiger partial charge in [-0.25, -0.2) is 19.6 Å². The molecule has 1 saturated heterocycles. The Bertz CT molecular complexity index is 1170. The lowest BCUT2D eigenvalue weighted by Crippen LogP contribution is -2.49.